The molecule has 3 rings (SSSR count). The molecular formula is C16H15N3O3. The van der Waals surface area contributed by atoms with Crippen LogP contribution in [0.4, 0.5) is 11.7 Å². The van der Waals surface area contributed by atoms with Gasteiger partial charge in [-0.1, -0.05) is 35.5 Å². The lowest BCUT2D eigenvalue weighted by Crippen LogP contribution is -1.96. The van der Waals surface area contributed by atoms with Gasteiger partial charge in [-0.25, -0.2) is 0 Å². The van der Waals surface area contributed by atoms with Crippen LogP contribution < -0.4 is 14.8 Å². The van der Waals surface area contributed by atoms with E-state index in [2.05, 4.69) is 15.5 Å². The van der Waals surface area contributed by atoms with Crippen molar-refractivity contribution in [1.29, 1.82) is 0 Å². The van der Waals surface area contributed by atoms with Crippen molar-refractivity contribution in [2.45, 2.75) is 0 Å². The van der Waals surface area contributed by atoms with Crippen molar-refractivity contribution in [3.05, 3.63) is 48.5 Å². The van der Waals surface area contributed by atoms with Gasteiger partial charge in [-0.05, 0) is 12.1 Å². The van der Waals surface area contributed by atoms with Gasteiger partial charge in [0.05, 0.1) is 19.9 Å². The minimum atomic E-state index is 0.283. The Morgan fingerprint density at radius 1 is 1.00 bits per heavy atom. The van der Waals surface area contributed by atoms with Crippen LogP contribution in [0.15, 0.2) is 53.1 Å². The monoisotopic (exact) mass is 297 g/mol. The zero-order chi connectivity index (χ0) is 15.4. The Bertz CT molecular complexity index is 756. The zero-order valence-electron chi connectivity index (χ0n) is 12.2. The lowest BCUT2D eigenvalue weighted by Gasteiger charge is -2.09. The Labute approximate surface area is 127 Å². The third-order valence-corrected chi connectivity index (χ3v) is 3.11. The number of hydrogen-bond acceptors (Lipinski definition) is 6. The van der Waals surface area contributed by atoms with Crippen LogP contribution in [0.3, 0.4) is 0 Å². The smallest absolute Gasteiger partial charge is 0.326 e. The van der Waals surface area contributed by atoms with E-state index in [1.807, 2.05) is 36.4 Å². The van der Waals surface area contributed by atoms with Gasteiger partial charge < -0.3 is 19.3 Å². The van der Waals surface area contributed by atoms with E-state index in [1.54, 1.807) is 26.4 Å². The molecule has 6 nitrogen and oxygen atoms in total. The topological polar surface area (TPSA) is 69.4 Å². The molecule has 22 heavy (non-hydrogen) atoms. The van der Waals surface area contributed by atoms with Crippen LogP contribution in [0.25, 0.3) is 11.4 Å². The van der Waals surface area contributed by atoms with Crippen molar-refractivity contribution >= 4 is 11.7 Å². The highest BCUT2D eigenvalue weighted by Gasteiger charge is 2.11. The van der Waals surface area contributed by atoms with Gasteiger partial charge in [0.15, 0.2) is 0 Å². The lowest BCUT2D eigenvalue weighted by molar-refractivity contribution is 0.403. The van der Waals surface area contributed by atoms with E-state index in [1.165, 1.54) is 0 Å². The van der Waals surface area contributed by atoms with Crippen LogP contribution in [0.1, 0.15) is 0 Å². The number of benzene rings is 2. The molecule has 0 aliphatic carbocycles. The third-order valence-electron chi connectivity index (χ3n) is 3.11. The van der Waals surface area contributed by atoms with Crippen LogP contribution in [0, 0.1) is 0 Å². The molecular weight excluding hydrogens is 282 g/mol. The van der Waals surface area contributed by atoms with Gasteiger partial charge >= 0.3 is 6.01 Å². The number of aromatic nitrogens is 2. The molecule has 0 saturated heterocycles. The van der Waals surface area contributed by atoms with Crippen LogP contribution in [0.5, 0.6) is 11.5 Å². The number of methoxy groups -OCH3 is 2. The van der Waals surface area contributed by atoms with Crippen molar-refractivity contribution in [2.24, 2.45) is 0 Å². The maximum atomic E-state index is 5.30. The fourth-order valence-electron chi connectivity index (χ4n) is 2.01. The molecule has 0 spiro atoms. The van der Waals surface area contributed by atoms with Gasteiger partial charge in [-0.2, -0.15) is 4.98 Å². The first-order valence-corrected chi connectivity index (χ1v) is 6.68. The fourth-order valence-corrected chi connectivity index (χ4v) is 2.01. The highest BCUT2D eigenvalue weighted by atomic mass is 16.5. The zero-order valence-corrected chi connectivity index (χ0v) is 12.2. The first kappa shape index (κ1) is 13.9. The second kappa shape index (κ2) is 6.17. The summed E-state index contributed by atoms with van der Waals surface area (Å²) >= 11 is 0. The standard InChI is InChI=1S/C16H15N3O3/c1-20-12-8-9-14(21-2)13(10-12)17-16-18-15(19-22-16)11-6-4-3-5-7-11/h3-10H,1-2H3,(H,17,18,19). The minimum absolute atomic E-state index is 0.283. The SMILES string of the molecule is COc1ccc(OC)c(Nc2nc(-c3ccccc3)no2)c1. The van der Waals surface area contributed by atoms with Gasteiger partial charge in [-0.3, -0.25) is 0 Å². The predicted octanol–water partition coefficient (Wildman–Crippen LogP) is 3.50. The molecule has 0 unspecified atom stereocenters. The maximum absolute atomic E-state index is 5.30. The Kier molecular flexibility index (Phi) is 3.91. The minimum Gasteiger partial charge on any atom is -0.497 e. The molecule has 3 aromatic rings. The summed E-state index contributed by atoms with van der Waals surface area (Å²) in [6.45, 7) is 0. The van der Waals surface area contributed by atoms with Crippen LogP contribution in [0.2, 0.25) is 0 Å². The second-order valence-electron chi connectivity index (χ2n) is 4.48. The maximum Gasteiger partial charge on any atom is 0.326 e. The van der Waals surface area contributed by atoms with E-state index in [9.17, 15) is 0 Å². The van der Waals surface area contributed by atoms with Crippen molar-refractivity contribution in [2.75, 3.05) is 19.5 Å². The Morgan fingerprint density at radius 3 is 2.55 bits per heavy atom. The molecule has 0 radical (unpaired) electrons. The van der Waals surface area contributed by atoms with E-state index in [4.69, 9.17) is 14.0 Å². The van der Waals surface area contributed by atoms with Crippen LogP contribution in [-0.2, 0) is 0 Å². The van der Waals surface area contributed by atoms with Crippen molar-refractivity contribution in [3.63, 3.8) is 0 Å². The third kappa shape index (κ3) is 2.85. The number of hydrogen-bond donors (Lipinski definition) is 1. The number of ether oxygens (including phenoxy) is 2. The highest BCUT2D eigenvalue weighted by Crippen LogP contribution is 2.31. The summed E-state index contributed by atoms with van der Waals surface area (Å²) < 4.78 is 15.7. The van der Waals surface area contributed by atoms with Gasteiger partial charge in [0.1, 0.15) is 11.5 Å². The molecule has 0 aliphatic rings. The van der Waals surface area contributed by atoms with E-state index in [0.29, 0.717) is 23.0 Å². The molecule has 0 bridgehead atoms. The molecule has 1 heterocycles. The number of rotatable bonds is 5. The summed E-state index contributed by atoms with van der Waals surface area (Å²) in [5.74, 6) is 1.87. The van der Waals surface area contributed by atoms with Crippen LogP contribution >= 0.6 is 0 Å². The summed E-state index contributed by atoms with van der Waals surface area (Å²) in [7, 11) is 3.20. The van der Waals surface area contributed by atoms with Crippen LogP contribution in [-0.4, -0.2) is 24.4 Å². The molecule has 1 aromatic heterocycles. The van der Waals surface area contributed by atoms with E-state index >= 15 is 0 Å². The summed E-state index contributed by atoms with van der Waals surface area (Å²) in [5.41, 5.74) is 1.57. The highest BCUT2D eigenvalue weighted by molar-refractivity contribution is 5.65. The molecule has 0 fully saturated rings. The summed E-state index contributed by atoms with van der Waals surface area (Å²) in [6.07, 6.45) is 0. The average Bonchev–Trinajstić information content (AvgIpc) is 3.04. The lowest BCUT2D eigenvalue weighted by atomic mass is 10.2. The van der Waals surface area contributed by atoms with Gasteiger partial charge in [0, 0.05) is 11.6 Å². The molecule has 0 amide bonds. The Balaban J connectivity index is 1.86. The fraction of sp³-hybridized carbons (Fsp3) is 0.125. The Hall–Kier alpha value is -3.02. The molecule has 6 heteroatoms. The predicted molar refractivity (Wildman–Crippen MR) is 82.6 cm³/mol. The number of nitrogens with one attached hydrogen (secondary N) is 1. The van der Waals surface area contributed by atoms with E-state index in [-0.39, 0.29) is 6.01 Å². The first-order chi connectivity index (χ1) is 10.8. The summed E-state index contributed by atoms with van der Waals surface area (Å²) in [6, 6.07) is 15.3. The quantitative estimate of drug-likeness (QED) is 0.777. The Morgan fingerprint density at radius 2 is 1.82 bits per heavy atom. The largest absolute Gasteiger partial charge is 0.497 e. The second-order valence-corrected chi connectivity index (χ2v) is 4.48. The van der Waals surface area contributed by atoms with Gasteiger partial charge in [0.25, 0.3) is 0 Å². The molecule has 2 aromatic carbocycles. The summed E-state index contributed by atoms with van der Waals surface area (Å²) in [4.78, 5) is 4.32. The summed E-state index contributed by atoms with van der Waals surface area (Å²) in [5, 5.41) is 7.00. The molecule has 1 N–H and O–H groups in total. The number of nitrogens with zero attached hydrogens (tertiary/aromatic N) is 2. The van der Waals surface area contributed by atoms with Gasteiger partial charge in [-0.15, -0.1) is 0 Å². The van der Waals surface area contributed by atoms with Crippen molar-refractivity contribution < 1.29 is 14.0 Å². The van der Waals surface area contributed by atoms with Gasteiger partial charge in [0.2, 0.25) is 5.82 Å². The first-order valence-electron chi connectivity index (χ1n) is 6.68. The van der Waals surface area contributed by atoms with E-state index in [0.717, 1.165) is 5.56 Å². The number of anilines is 2. The molecule has 0 saturated carbocycles. The van der Waals surface area contributed by atoms with E-state index < -0.39 is 0 Å². The molecule has 0 atom stereocenters. The molecule has 112 valence electrons. The van der Waals surface area contributed by atoms with Crippen molar-refractivity contribution in [1.82, 2.24) is 10.1 Å². The molecule has 0 aliphatic heterocycles. The average molecular weight is 297 g/mol. The van der Waals surface area contributed by atoms with Crippen molar-refractivity contribution in [3.8, 4) is 22.9 Å². The normalized spacial score (nSPS) is 10.3.